The molecule has 1 aromatic carbocycles. The van der Waals surface area contributed by atoms with Crippen LogP contribution in [0.1, 0.15) is 38.3 Å². The molecule has 0 spiro atoms. The van der Waals surface area contributed by atoms with E-state index in [-0.39, 0.29) is 17.2 Å². The molecule has 1 saturated heterocycles. The fourth-order valence-corrected chi connectivity index (χ4v) is 3.12. The third kappa shape index (κ3) is 2.33. The lowest BCUT2D eigenvalue weighted by Crippen LogP contribution is -2.40. The number of carbonyl (C=O) groups excluding carboxylic acids is 2. The molecule has 112 valence electrons. The number of benzene rings is 1. The molecule has 2 atom stereocenters. The molecule has 21 heavy (non-hydrogen) atoms. The van der Waals surface area contributed by atoms with Crippen molar-refractivity contribution in [3.63, 3.8) is 0 Å². The second-order valence-corrected chi connectivity index (χ2v) is 7.18. The minimum absolute atomic E-state index is 0.0623. The number of amides is 2. The van der Waals surface area contributed by atoms with Crippen molar-refractivity contribution in [3.05, 3.63) is 35.4 Å². The molecular weight excluding hydrogens is 266 g/mol. The standard InChI is InChI=1S/C17H21NO3/c1-11-5-7-12(8-6-11)17-9-13(17)14(19)18(10-17)15(20)21-16(2,3)4/h5-8,13H,9-10H2,1-4H3/t13-,17+/m1/s1. The second kappa shape index (κ2) is 4.33. The Morgan fingerprint density at radius 3 is 2.48 bits per heavy atom. The van der Waals surface area contributed by atoms with Crippen LogP contribution in [0.4, 0.5) is 4.79 Å². The van der Waals surface area contributed by atoms with Gasteiger partial charge in [-0.05, 0) is 39.7 Å². The second-order valence-electron chi connectivity index (χ2n) is 7.18. The lowest BCUT2D eigenvalue weighted by molar-refractivity contribution is -0.129. The molecular formula is C17H21NO3. The maximum absolute atomic E-state index is 12.3. The zero-order chi connectivity index (χ0) is 15.4. The molecule has 0 aromatic heterocycles. The van der Waals surface area contributed by atoms with Crippen LogP contribution in [-0.4, -0.2) is 29.0 Å². The number of piperidine rings is 1. The molecule has 1 heterocycles. The Hall–Kier alpha value is -1.84. The van der Waals surface area contributed by atoms with Crippen molar-refractivity contribution in [2.75, 3.05) is 6.54 Å². The lowest BCUT2D eigenvalue weighted by Gasteiger charge is -2.25. The van der Waals surface area contributed by atoms with Gasteiger partial charge < -0.3 is 4.74 Å². The van der Waals surface area contributed by atoms with Crippen molar-refractivity contribution in [2.45, 2.75) is 45.1 Å². The monoisotopic (exact) mass is 287 g/mol. The Balaban J connectivity index is 1.80. The summed E-state index contributed by atoms with van der Waals surface area (Å²) in [4.78, 5) is 25.8. The molecule has 2 fully saturated rings. The van der Waals surface area contributed by atoms with Crippen LogP contribution in [0, 0.1) is 12.8 Å². The van der Waals surface area contributed by atoms with Gasteiger partial charge in [0.2, 0.25) is 5.91 Å². The Bertz CT molecular complexity index is 599. The predicted octanol–water partition coefficient (Wildman–Crippen LogP) is 3.03. The normalized spacial score (nSPS) is 27.5. The molecule has 1 aromatic rings. The SMILES string of the molecule is Cc1ccc([C@@]23C[C@@H]2C(=O)N(C(=O)OC(C)(C)C)C3)cc1. The van der Waals surface area contributed by atoms with Gasteiger partial charge in [0.05, 0.1) is 5.92 Å². The van der Waals surface area contributed by atoms with E-state index in [1.165, 1.54) is 10.5 Å². The first kappa shape index (κ1) is 14.1. The smallest absolute Gasteiger partial charge is 0.417 e. The largest absolute Gasteiger partial charge is 0.443 e. The summed E-state index contributed by atoms with van der Waals surface area (Å²) in [5.74, 6) is -0.155. The first-order valence-electron chi connectivity index (χ1n) is 7.34. The van der Waals surface area contributed by atoms with Crippen molar-refractivity contribution >= 4 is 12.0 Å². The van der Waals surface area contributed by atoms with E-state index in [0.29, 0.717) is 6.54 Å². The molecule has 1 aliphatic heterocycles. The Labute approximate surface area is 125 Å². The third-order valence-corrected chi connectivity index (χ3v) is 4.32. The predicted molar refractivity (Wildman–Crippen MR) is 78.9 cm³/mol. The zero-order valence-electron chi connectivity index (χ0n) is 13.0. The highest BCUT2D eigenvalue weighted by atomic mass is 16.6. The summed E-state index contributed by atoms with van der Waals surface area (Å²) in [6.45, 7) is 7.90. The molecule has 0 unspecified atom stereocenters. The van der Waals surface area contributed by atoms with E-state index in [1.807, 2.05) is 27.7 Å². The summed E-state index contributed by atoms with van der Waals surface area (Å²) in [6, 6.07) is 8.25. The summed E-state index contributed by atoms with van der Waals surface area (Å²) in [5, 5.41) is 0. The van der Waals surface area contributed by atoms with Gasteiger partial charge >= 0.3 is 6.09 Å². The van der Waals surface area contributed by atoms with Gasteiger partial charge in [-0.15, -0.1) is 0 Å². The van der Waals surface area contributed by atoms with Crippen LogP contribution in [-0.2, 0) is 14.9 Å². The van der Waals surface area contributed by atoms with Gasteiger partial charge in [0.15, 0.2) is 0 Å². The van der Waals surface area contributed by atoms with Gasteiger partial charge in [0, 0.05) is 12.0 Å². The maximum Gasteiger partial charge on any atom is 0.417 e. The minimum atomic E-state index is -0.582. The molecule has 1 aliphatic carbocycles. The van der Waals surface area contributed by atoms with Gasteiger partial charge in [-0.25, -0.2) is 9.69 Å². The number of carbonyl (C=O) groups is 2. The molecule has 0 radical (unpaired) electrons. The van der Waals surface area contributed by atoms with E-state index in [2.05, 4.69) is 24.3 Å². The van der Waals surface area contributed by atoms with Crippen LogP contribution in [0.5, 0.6) is 0 Å². The average molecular weight is 287 g/mol. The van der Waals surface area contributed by atoms with Crippen molar-refractivity contribution < 1.29 is 14.3 Å². The molecule has 1 saturated carbocycles. The minimum Gasteiger partial charge on any atom is -0.443 e. The first-order chi connectivity index (χ1) is 9.73. The van der Waals surface area contributed by atoms with Crippen LogP contribution in [0.3, 0.4) is 0 Å². The zero-order valence-corrected chi connectivity index (χ0v) is 13.0. The van der Waals surface area contributed by atoms with Crippen LogP contribution in [0.25, 0.3) is 0 Å². The number of likely N-dealkylation sites (tertiary alicyclic amines) is 1. The van der Waals surface area contributed by atoms with Crippen LogP contribution >= 0.6 is 0 Å². The number of imide groups is 1. The van der Waals surface area contributed by atoms with Gasteiger partial charge in [-0.2, -0.15) is 0 Å². The van der Waals surface area contributed by atoms with Crippen molar-refractivity contribution in [1.82, 2.24) is 4.90 Å². The number of aryl methyl sites for hydroxylation is 1. The number of fused-ring (bicyclic) bond motifs is 1. The highest BCUT2D eigenvalue weighted by molar-refractivity contribution is 5.99. The Morgan fingerprint density at radius 2 is 1.90 bits per heavy atom. The molecule has 0 bridgehead atoms. The fourth-order valence-electron chi connectivity index (χ4n) is 3.12. The summed E-state index contributed by atoms with van der Waals surface area (Å²) in [6.07, 6.45) is 0.319. The van der Waals surface area contributed by atoms with Crippen molar-refractivity contribution in [2.24, 2.45) is 5.92 Å². The quantitative estimate of drug-likeness (QED) is 0.797. The molecule has 3 rings (SSSR count). The van der Waals surface area contributed by atoms with E-state index in [0.717, 1.165) is 12.0 Å². The number of rotatable bonds is 1. The van der Waals surface area contributed by atoms with Gasteiger partial charge in [0.1, 0.15) is 5.60 Å². The average Bonchev–Trinajstić information content (AvgIpc) is 3.03. The lowest BCUT2D eigenvalue weighted by atomic mass is 9.94. The number of ether oxygens (including phenoxy) is 1. The van der Waals surface area contributed by atoms with E-state index < -0.39 is 11.7 Å². The first-order valence-corrected chi connectivity index (χ1v) is 7.34. The van der Waals surface area contributed by atoms with Crippen LogP contribution in [0.15, 0.2) is 24.3 Å². The fraction of sp³-hybridized carbons (Fsp3) is 0.529. The van der Waals surface area contributed by atoms with Crippen molar-refractivity contribution in [1.29, 1.82) is 0 Å². The highest BCUT2D eigenvalue weighted by Crippen LogP contribution is 2.59. The topological polar surface area (TPSA) is 46.6 Å². The summed E-state index contributed by atoms with van der Waals surface area (Å²) in [5.41, 5.74) is 1.58. The highest BCUT2D eigenvalue weighted by Gasteiger charge is 2.67. The Morgan fingerprint density at radius 1 is 1.29 bits per heavy atom. The number of hydrogen-bond acceptors (Lipinski definition) is 3. The summed E-state index contributed by atoms with van der Waals surface area (Å²) >= 11 is 0. The van der Waals surface area contributed by atoms with Crippen molar-refractivity contribution in [3.8, 4) is 0 Å². The number of hydrogen-bond donors (Lipinski definition) is 0. The van der Waals surface area contributed by atoms with Crippen LogP contribution in [0.2, 0.25) is 0 Å². The van der Waals surface area contributed by atoms with Gasteiger partial charge in [0.25, 0.3) is 0 Å². The molecule has 4 nitrogen and oxygen atoms in total. The van der Waals surface area contributed by atoms with E-state index >= 15 is 0 Å². The Kier molecular flexibility index (Phi) is 2.91. The molecule has 2 aliphatic rings. The summed E-state index contributed by atoms with van der Waals surface area (Å²) in [7, 11) is 0. The molecule has 2 amide bonds. The third-order valence-electron chi connectivity index (χ3n) is 4.32. The van der Waals surface area contributed by atoms with E-state index in [9.17, 15) is 9.59 Å². The van der Waals surface area contributed by atoms with E-state index in [1.54, 1.807) is 0 Å². The van der Waals surface area contributed by atoms with E-state index in [4.69, 9.17) is 4.74 Å². The van der Waals surface area contributed by atoms with Gasteiger partial charge in [-0.1, -0.05) is 29.8 Å². The maximum atomic E-state index is 12.3. The number of nitrogens with zero attached hydrogens (tertiary/aromatic N) is 1. The van der Waals surface area contributed by atoms with Crippen LogP contribution < -0.4 is 0 Å². The molecule has 0 N–H and O–H groups in total. The molecule has 4 heteroatoms. The van der Waals surface area contributed by atoms with Gasteiger partial charge in [-0.3, -0.25) is 4.79 Å². The summed E-state index contributed by atoms with van der Waals surface area (Å²) < 4.78 is 5.33.